The Kier molecular flexibility index (Phi) is 3.72. The molecule has 2 rings (SSSR count). The third kappa shape index (κ3) is 2.33. The smallest absolute Gasteiger partial charge is 0.193 e. The maximum absolute atomic E-state index is 4.58. The number of rotatable bonds is 2. The molecule has 2 aliphatic rings. The lowest BCUT2D eigenvalue weighted by molar-refractivity contribution is 0.309. The van der Waals surface area contributed by atoms with Crippen LogP contribution in [0.2, 0.25) is 0 Å². The number of guanidine groups is 1. The Balaban J connectivity index is 1.98. The molecule has 0 amide bonds. The molecule has 0 aromatic rings. The monoisotopic (exact) mass is 223 g/mol. The van der Waals surface area contributed by atoms with Crippen molar-refractivity contribution in [2.75, 3.05) is 26.2 Å². The summed E-state index contributed by atoms with van der Waals surface area (Å²) in [5.41, 5.74) is 0.643. The predicted molar refractivity (Wildman–Crippen MR) is 68.7 cm³/mol. The van der Waals surface area contributed by atoms with Gasteiger partial charge >= 0.3 is 0 Å². The maximum Gasteiger partial charge on any atom is 0.193 e. The van der Waals surface area contributed by atoms with Crippen LogP contribution in [-0.2, 0) is 0 Å². The van der Waals surface area contributed by atoms with Gasteiger partial charge in [-0.2, -0.15) is 0 Å². The summed E-state index contributed by atoms with van der Waals surface area (Å²) in [4.78, 5) is 7.05. The molecule has 92 valence electrons. The minimum atomic E-state index is 0.643. The zero-order valence-electron chi connectivity index (χ0n) is 10.8. The van der Waals surface area contributed by atoms with Crippen molar-refractivity contribution in [1.82, 2.24) is 10.2 Å². The lowest BCUT2D eigenvalue weighted by Crippen LogP contribution is -2.41. The molecule has 2 fully saturated rings. The standard InChI is InChI=1S/C13H25N3/c1-3-14-12(15-4-2)16-10-9-13(11-16)7-5-6-8-13/h3-11H2,1-2H3,(H,14,15). The lowest BCUT2D eigenvalue weighted by atomic mass is 9.86. The lowest BCUT2D eigenvalue weighted by Gasteiger charge is -2.25. The molecule has 3 heteroatoms. The Labute approximate surface area is 99.3 Å². The molecule has 1 N–H and O–H groups in total. The maximum atomic E-state index is 4.58. The molecule has 0 bridgehead atoms. The fraction of sp³-hybridized carbons (Fsp3) is 0.923. The Morgan fingerprint density at radius 1 is 1.25 bits per heavy atom. The van der Waals surface area contributed by atoms with Crippen LogP contribution in [0, 0.1) is 5.41 Å². The minimum Gasteiger partial charge on any atom is -0.357 e. The first-order chi connectivity index (χ1) is 7.79. The van der Waals surface area contributed by atoms with Crippen molar-refractivity contribution in [2.45, 2.75) is 46.0 Å². The van der Waals surface area contributed by atoms with Crippen molar-refractivity contribution >= 4 is 5.96 Å². The molecule has 1 aliphatic carbocycles. The summed E-state index contributed by atoms with van der Waals surface area (Å²) in [6, 6.07) is 0. The van der Waals surface area contributed by atoms with Crippen molar-refractivity contribution in [3.8, 4) is 0 Å². The minimum absolute atomic E-state index is 0.643. The highest BCUT2D eigenvalue weighted by Crippen LogP contribution is 2.45. The van der Waals surface area contributed by atoms with Crippen LogP contribution in [-0.4, -0.2) is 37.0 Å². The van der Waals surface area contributed by atoms with E-state index in [1.54, 1.807) is 0 Å². The van der Waals surface area contributed by atoms with Crippen LogP contribution in [0.4, 0.5) is 0 Å². The average Bonchev–Trinajstić information content (AvgIpc) is 2.90. The average molecular weight is 223 g/mol. The summed E-state index contributed by atoms with van der Waals surface area (Å²) in [6.07, 6.45) is 7.13. The first kappa shape index (κ1) is 11.7. The molecule has 0 atom stereocenters. The van der Waals surface area contributed by atoms with Gasteiger partial charge in [-0.15, -0.1) is 0 Å². The third-order valence-corrected chi connectivity index (χ3v) is 4.04. The Bertz CT molecular complexity index is 254. The molecule has 1 aliphatic heterocycles. The van der Waals surface area contributed by atoms with E-state index in [0.29, 0.717) is 5.41 Å². The predicted octanol–water partition coefficient (Wildman–Crippen LogP) is 2.24. The SMILES string of the molecule is CCN=C(NCC)N1CCC2(CCCC2)C1. The highest BCUT2D eigenvalue weighted by molar-refractivity contribution is 5.80. The fourth-order valence-electron chi connectivity index (χ4n) is 3.22. The number of hydrogen-bond donors (Lipinski definition) is 1. The van der Waals surface area contributed by atoms with E-state index in [4.69, 9.17) is 0 Å². The quantitative estimate of drug-likeness (QED) is 0.574. The molecule has 3 nitrogen and oxygen atoms in total. The van der Waals surface area contributed by atoms with Gasteiger partial charge in [0.25, 0.3) is 0 Å². The van der Waals surface area contributed by atoms with Gasteiger partial charge in [-0.05, 0) is 38.5 Å². The van der Waals surface area contributed by atoms with E-state index in [1.807, 2.05) is 0 Å². The van der Waals surface area contributed by atoms with Gasteiger partial charge in [0, 0.05) is 26.2 Å². The van der Waals surface area contributed by atoms with Crippen LogP contribution in [0.15, 0.2) is 4.99 Å². The molecule has 0 aromatic carbocycles. The van der Waals surface area contributed by atoms with E-state index in [1.165, 1.54) is 45.2 Å². The Hall–Kier alpha value is -0.730. The van der Waals surface area contributed by atoms with E-state index < -0.39 is 0 Å². The van der Waals surface area contributed by atoms with Crippen molar-refractivity contribution in [1.29, 1.82) is 0 Å². The van der Waals surface area contributed by atoms with Crippen LogP contribution >= 0.6 is 0 Å². The van der Waals surface area contributed by atoms with Gasteiger partial charge < -0.3 is 10.2 Å². The largest absolute Gasteiger partial charge is 0.357 e. The van der Waals surface area contributed by atoms with Crippen molar-refractivity contribution in [2.24, 2.45) is 10.4 Å². The van der Waals surface area contributed by atoms with Gasteiger partial charge in [-0.25, -0.2) is 0 Å². The van der Waals surface area contributed by atoms with Crippen molar-refractivity contribution < 1.29 is 0 Å². The van der Waals surface area contributed by atoms with Gasteiger partial charge in [0.1, 0.15) is 0 Å². The summed E-state index contributed by atoms with van der Waals surface area (Å²) in [5.74, 6) is 1.13. The van der Waals surface area contributed by atoms with Crippen LogP contribution < -0.4 is 5.32 Å². The van der Waals surface area contributed by atoms with Gasteiger partial charge in [0.05, 0.1) is 0 Å². The number of nitrogens with one attached hydrogen (secondary N) is 1. The Morgan fingerprint density at radius 3 is 2.62 bits per heavy atom. The number of aliphatic imine (C=N–C) groups is 1. The zero-order valence-corrected chi connectivity index (χ0v) is 10.8. The molecule has 0 unspecified atom stereocenters. The number of likely N-dealkylation sites (tertiary alicyclic amines) is 1. The molecular formula is C13H25N3. The summed E-state index contributed by atoms with van der Waals surface area (Å²) in [5, 5.41) is 3.41. The second kappa shape index (κ2) is 5.07. The van der Waals surface area contributed by atoms with E-state index in [0.717, 1.165) is 19.0 Å². The summed E-state index contributed by atoms with van der Waals surface area (Å²) in [6.45, 7) is 8.55. The molecule has 1 saturated carbocycles. The highest BCUT2D eigenvalue weighted by atomic mass is 15.3. The Morgan fingerprint density at radius 2 is 2.00 bits per heavy atom. The van der Waals surface area contributed by atoms with Gasteiger partial charge in [-0.3, -0.25) is 4.99 Å². The second-order valence-corrected chi connectivity index (χ2v) is 5.21. The zero-order chi connectivity index (χ0) is 11.4. The molecule has 1 saturated heterocycles. The first-order valence-electron chi connectivity index (χ1n) is 6.83. The molecule has 16 heavy (non-hydrogen) atoms. The number of hydrogen-bond acceptors (Lipinski definition) is 1. The van der Waals surface area contributed by atoms with E-state index in [2.05, 4.69) is 29.1 Å². The number of nitrogens with zero attached hydrogens (tertiary/aromatic N) is 2. The van der Waals surface area contributed by atoms with Crippen LogP contribution in [0.5, 0.6) is 0 Å². The first-order valence-corrected chi connectivity index (χ1v) is 6.83. The van der Waals surface area contributed by atoms with Crippen LogP contribution in [0.1, 0.15) is 46.0 Å². The van der Waals surface area contributed by atoms with Crippen LogP contribution in [0.3, 0.4) is 0 Å². The molecule has 1 spiro atoms. The summed E-state index contributed by atoms with van der Waals surface area (Å²) in [7, 11) is 0. The van der Waals surface area contributed by atoms with E-state index >= 15 is 0 Å². The normalized spacial score (nSPS) is 24.4. The van der Waals surface area contributed by atoms with Crippen molar-refractivity contribution in [3.63, 3.8) is 0 Å². The third-order valence-electron chi connectivity index (χ3n) is 4.04. The van der Waals surface area contributed by atoms with Gasteiger partial charge in [0.15, 0.2) is 5.96 Å². The summed E-state index contributed by atoms with van der Waals surface area (Å²) >= 11 is 0. The van der Waals surface area contributed by atoms with E-state index in [9.17, 15) is 0 Å². The van der Waals surface area contributed by atoms with Gasteiger partial charge in [-0.1, -0.05) is 12.8 Å². The molecule has 0 radical (unpaired) electrons. The second-order valence-electron chi connectivity index (χ2n) is 5.21. The molecular weight excluding hydrogens is 198 g/mol. The van der Waals surface area contributed by atoms with Crippen LogP contribution in [0.25, 0.3) is 0 Å². The highest BCUT2D eigenvalue weighted by Gasteiger charge is 2.40. The summed E-state index contributed by atoms with van der Waals surface area (Å²) < 4.78 is 0. The molecule has 0 aromatic heterocycles. The van der Waals surface area contributed by atoms with Crippen molar-refractivity contribution in [3.05, 3.63) is 0 Å². The topological polar surface area (TPSA) is 27.6 Å². The molecule has 1 heterocycles. The van der Waals surface area contributed by atoms with Gasteiger partial charge in [0.2, 0.25) is 0 Å². The van der Waals surface area contributed by atoms with E-state index in [-0.39, 0.29) is 0 Å². The fourth-order valence-corrected chi connectivity index (χ4v) is 3.22.